The van der Waals surface area contributed by atoms with Crippen molar-refractivity contribution in [1.29, 1.82) is 0 Å². The van der Waals surface area contributed by atoms with Crippen LogP contribution in [0.5, 0.6) is 0 Å². The highest BCUT2D eigenvalue weighted by Crippen LogP contribution is 2.48. The number of benzene rings is 1. The average molecular weight is 369 g/mol. The molecule has 1 fully saturated rings. The number of nitrogens with one attached hydrogen (secondary N) is 1. The molecule has 0 aliphatic carbocycles. The number of oxime groups is 1. The number of esters is 1. The van der Waals surface area contributed by atoms with E-state index in [0.29, 0.717) is 12.3 Å². The molecule has 2 aliphatic heterocycles. The van der Waals surface area contributed by atoms with Gasteiger partial charge in [0.05, 0.1) is 13.2 Å². The Kier molecular flexibility index (Phi) is 4.91. The molecule has 3 unspecified atom stereocenters. The molecule has 2 aromatic rings. The van der Waals surface area contributed by atoms with Crippen molar-refractivity contribution in [1.82, 2.24) is 9.88 Å². The van der Waals surface area contributed by atoms with Gasteiger partial charge in [-0.3, -0.25) is 4.90 Å². The molecule has 0 radical (unpaired) electrons. The van der Waals surface area contributed by atoms with Crippen LogP contribution in [0, 0.1) is 5.92 Å². The fraction of sp³-hybridized carbons (Fsp3) is 0.524. The number of fused-ring (bicyclic) bond motifs is 5. The molecule has 3 heterocycles. The Hall–Kier alpha value is -2.34. The molecule has 0 spiro atoms. The van der Waals surface area contributed by atoms with Crippen LogP contribution >= 0.6 is 0 Å². The Morgan fingerprint density at radius 3 is 2.96 bits per heavy atom. The number of piperidine rings is 1. The summed E-state index contributed by atoms with van der Waals surface area (Å²) in [4.78, 5) is 18.2. The maximum atomic E-state index is 11.9. The molecule has 1 aromatic heterocycles. The van der Waals surface area contributed by atoms with E-state index in [-0.39, 0.29) is 17.7 Å². The fourth-order valence-electron chi connectivity index (χ4n) is 5.08. The standard InChI is InChI=1S/C21H27N3O3/c1-3-13-12-24-10-6-7-14(11-17(23-26)21(25)27-2)20(24)19-18(13)15-8-4-5-9-16(15)22-19/h4-5,8-9,13-14,20,22,26H,3,6-7,10-12H2,1-2H3. The van der Waals surface area contributed by atoms with Gasteiger partial charge in [-0.1, -0.05) is 30.3 Å². The summed E-state index contributed by atoms with van der Waals surface area (Å²) in [7, 11) is 1.32. The van der Waals surface area contributed by atoms with Crippen molar-refractivity contribution in [2.75, 3.05) is 20.2 Å². The minimum atomic E-state index is -0.547. The molecule has 1 saturated heterocycles. The largest absolute Gasteiger partial charge is 0.464 e. The number of hydrogen-bond acceptors (Lipinski definition) is 5. The third-order valence-electron chi connectivity index (χ3n) is 6.29. The topological polar surface area (TPSA) is 77.9 Å². The Morgan fingerprint density at radius 1 is 1.41 bits per heavy atom. The van der Waals surface area contributed by atoms with Crippen molar-refractivity contribution >= 4 is 22.6 Å². The number of carbonyl (C=O) groups is 1. The molecule has 0 bridgehead atoms. The smallest absolute Gasteiger partial charge is 0.355 e. The molecular weight excluding hydrogens is 342 g/mol. The lowest BCUT2D eigenvalue weighted by atomic mass is 9.76. The Morgan fingerprint density at radius 2 is 2.22 bits per heavy atom. The van der Waals surface area contributed by atoms with Gasteiger partial charge in [-0.15, -0.1) is 0 Å². The summed E-state index contributed by atoms with van der Waals surface area (Å²) in [5.41, 5.74) is 4.00. The van der Waals surface area contributed by atoms with Crippen LogP contribution in [0.4, 0.5) is 0 Å². The van der Waals surface area contributed by atoms with Gasteiger partial charge < -0.3 is 14.9 Å². The maximum absolute atomic E-state index is 11.9. The van der Waals surface area contributed by atoms with E-state index >= 15 is 0 Å². The molecule has 27 heavy (non-hydrogen) atoms. The fourth-order valence-corrected chi connectivity index (χ4v) is 5.08. The van der Waals surface area contributed by atoms with Gasteiger partial charge in [0.25, 0.3) is 0 Å². The van der Waals surface area contributed by atoms with Gasteiger partial charge in [-0.05, 0) is 49.3 Å². The number of H-pyrrole nitrogens is 1. The first-order valence-corrected chi connectivity index (χ1v) is 9.81. The molecule has 0 amide bonds. The number of rotatable bonds is 4. The van der Waals surface area contributed by atoms with E-state index in [1.165, 1.54) is 29.3 Å². The highest BCUT2D eigenvalue weighted by molar-refractivity contribution is 6.36. The normalized spacial score (nSPS) is 25.9. The first-order valence-electron chi connectivity index (χ1n) is 9.81. The van der Waals surface area contributed by atoms with Crippen LogP contribution in [0.15, 0.2) is 29.4 Å². The van der Waals surface area contributed by atoms with Crippen LogP contribution in [0.1, 0.15) is 55.8 Å². The SMILES string of the molecule is CCC1CN2CCCC(CC(=NO)C(=O)OC)C2c2[nH]c3ccccc3c21. The van der Waals surface area contributed by atoms with E-state index in [2.05, 4.69) is 46.2 Å². The third kappa shape index (κ3) is 3.02. The number of aromatic amines is 1. The molecular formula is C21H27N3O3. The molecule has 1 aromatic carbocycles. The van der Waals surface area contributed by atoms with E-state index in [9.17, 15) is 10.0 Å². The van der Waals surface area contributed by atoms with Gasteiger partial charge in [0.2, 0.25) is 0 Å². The zero-order chi connectivity index (χ0) is 19.0. The predicted molar refractivity (Wildman–Crippen MR) is 104 cm³/mol. The van der Waals surface area contributed by atoms with Crippen LogP contribution in [-0.4, -0.2) is 47.0 Å². The lowest BCUT2D eigenvalue weighted by Gasteiger charge is -2.46. The molecule has 6 heteroatoms. The van der Waals surface area contributed by atoms with Crippen LogP contribution in [0.25, 0.3) is 10.9 Å². The predicted octanol–water partition coefficient (Wildman–Crippen LogP) is 3.82. The Bertz CT molecular complexity index is 873. The first-order chi connectivity index (χ1) is 13.2. The van der Waals surface area contributed by atoms with E-state index < -0.39 is 5.97 Å². The van der Waals surface area contributed by atoms with Gasteiger partial charge in [0.1, 0.15) is 0 Å². The minimum absolute atomic E-state index is 0.111. The highest BCUT2D eigenvalue weighted by atomic mass is 16.5. The molecule has 6 nitrogen and oxygen atoms in total. The minimum Gasteiger partial charge on any atom is -0.464 e. The molecule has 2 aliphatic rings. The van der Waals surface area contributed by atoms with Gasteiger partial charge in [-0.25, -0.2) is 4.79 Å². The first kappa shape index (κ1) is 18.0. The summed E-state index contributed by atoms with van der Waals surface area (Å²) >= 11 is 0. The van der Waals surface area contributed by atoms with Gasteiger partial charge in [0.15, 0.2) is 5.71 Å². The molecule has 0 saturated carbocycles. The van der Waals surface area contributed by atoms with Crippen LogP contribution in [0.3, 0.4) is 0 Å². The quantitative estimate of drug-likeness (QED) is 0.372. The maximum Gasteiger partial charge on any atom is 0.355 e. The van der Waals surface area contributed by atoms with Crippen molar-refractivity contribution in [2.45, 2.75) is 44.6 Å². The van der Waals surface area contributed by atoms with Crippen molar-refractivity contribution in [3.05, 3.63) is 35.5 Å². The average Bonchev–Trinajstić information content (AvgIpc) is 3.10. The number of carbonyl (C=O) groups excluding carboxylic acids is 1. The molecule has 4 rings (SSSR count). The summed E-state index contributed by atoms with van der Waals surface area (Å²) in [5, 5.41) is 13.9. The van der Waals surface area contributed by atoms with Crippen LogP contribution in [-0.2, 0) is 9.53 Å². The second-order valence-corrected chi connectivity index (χ2v) is 7.69. The summed E-state index contributed by atoms with van der Waals surface area (Å²) < 4.78 is 4.78. The monoisotopic (exact) mass is 369 g/mol. The summed E-state index contributed by atoms with van der Waals surface area (Å²) in [6.07, 6.45) is 3.63. The van der Waals surface area contributed by atoms with Crippen molar-refractivity contribution in [3.63, 3.8) is 0 Å². The lowest BCUT2D eigenvalue weighted by molar-refractivity contribution is -0.133. The van der Waals surface area contributed by atoms with Gasteiger partial charge in [0, 0.05) is 29.6 Å². The van der Waals surface area contributed by atoms with E-state index in [0.717, 1.165) is 32.4 Å². The van der Waals surface area contributed by atoms with Crippen LogP contribution in [0.2, 0.25) is 0 Å². The summed E-state index contributed by atoms with van der Waals surface area (Å²) in [6.45, 7) is 4.36. The van der Waals surface area contributed by atoms with Crippen molar-refractivity contribution < 1.29 is 14.7 Å². The zero-order valence-corrected chi connectivity index (χ0v) is 15.9. The Balaban J connectivity index is 1.76. The second kappa shape index (κ2) is 7.35. The van der Waals surface area contributed by atoms with Crippen molar-refractivity contribution in [3.8, 4) is 0 Å². The summed E-state index contributed by atoms with van der Waals surface area (Å²) in [5.74, 6) is 0.180. The van der Waals surface area contributed by atoms with Crippen molar-refractivity contribution in [2.24, 2.45) is 11.1 Å². The van der Waals surface area contributed by atoms with E-state index in [1.54, 1.807) is 0 Å². The van der Waals surface area contributed by atoms with Crippen LogP contribution < -0.4 is 0 Å². The number of methoxy groups -OCH3 is 1. The lowest BCUT2D eigenvalue weighted by Crippen LogP contribution is -2.45. The molecule has 144 valence electrons. The molecule has 2 N–H and O–H groups in total. The third-order valence-corrected chi connectivity index (χ3v) is 6.29. The number of nitrogens with zero attached hydrogens (tertiary/aromatic N) is 2. The second-order valence-electron chi connectivity index (χ2n) is 7.69. The van der Waals surface area contributed by atoms with Gasteiger partial charge >= 0.3 is 5.97 Å². The number of hydrogen-bond donors (Lipinski definition) is 2. The number of para-hydroxylation sites is 1. The molecule has 3 atom stereocenters. The number of ether oxygens (including phenoxy) is 1. The number of aromatic nitrogens is 1. The highest BCUT2D eigenvalue weighted by Gasteiger charge is 2.42. The van der Waals surface area contributed by atoms with Gasteiger partial charge in [-0.2, -0.15) is 0 Å². The summed E-state index contributed by atoms with van der Waals surface area (Å²) in [6, 6.07) is 8.72. The van der Waals surface area contributed by atoms with E-state index in [1.807, 2.05) is 0 Å². The zero-order valence-electron chi connectivity index (χ0n) is 15.9. The Labute approximate surface area is 159 Å². The van der Waals surface area contributed by atoms with E-state index in [4.69, 9.17) is 4.74 Å².